The Bertz CT molecular complexity index is 266. The molecule has 0 saturated heterocycles. The molecule has 112 valence electrons. The van der Waals surface area contributed by atoms with Crippen molar-refractivity contribution in [3.8, 4) is 0 Å². The van der Waals surface area contributed by atoms with Crippen molar-refractivity contribution in [2.75, 3.05) is 26.4 Å². The van der Waals surface area contributed by atoms with E-state index in [2.05, 4.69) is 6.92 Å². The molecule has 0 aromatic carbocycles. The molecule has 0 amide bonds. The van der Waals surface area contributed by atoms with E-state index in [9.17, 15) is 10.2 Å². The molecule has 0 bridgehead atoms. The highest BCUT2D eigenvalue weighted by atomic mass is 16.5. The summed E-state index contributed by atoms with van der Waals surface area (Å²) in [5.41, 5.74) is -1.12. The molecule has 0 rings (SSSR count). The molecule has 2 N–H and O–H groups in total. The molecule has 0 saturated carbocycles. The highest BCUT2D eigenvalue weighted by molar-refractivity contribution is 5.17. The van der Waals surface area contributed by atoms with E-state index in [1.807, 2.05) is 45.1 Å². The Morgan fingerprint density at radius 1 is 1.05 bits per heavy atom. The molecular formula is C16H30O3. The molecule has 0 aromatic heterocycles. The molecule has 0 radical (unpaired) electrons. The summed E-state index contributed by atoms with van der Waals surface area (Å²) in [5.74, 6) is 0. The van der Waals surface area contributed by atoms with Gasteiger partial charge in [0.05, 0.1) is 25.2 Å². The molecule has 0 heterocycles. The van der Waals surface area contributed by atoms with Crippen molar-refractivity contribution < 1.29 is 14.9 Å². The smallest absolute Gasteiger partial charge is 0.0577 e. The second-order valence-corrected chi connectivity index (χ2v) is 5.29. The molecule has 0 aliphatic heterocycles. The van der Waals surface area contributed by atoms with Crippen LogP contribution in [0.15, 0.2) is 24.3 Å². The summed E-state index contributed by atoms with van der Waals surface area (Å²) in [5, 5.41) is 19.6. The number of ether oxygens (including phenoxy) is 1. The highest BCUT2D eigenvalue weighted by Crippen LogP contribution is 2.42. The minimum Gasteiger partial charge on any atom is -0.396 e. The van der Waals surface area contributed by atoms with Crippen molar-refractivity contribution in [1.29, 1.82) is 0 Å². The first kappa shape index (κ1) is 18.4. The number of hydrogen-bond donors (Lipinski definition) is 2. The SMILES string of the molecule is CC=CC(C)(C=CC)C(CO)(CO)COCCCC. The first-order valence-corrected chi connectivity index (χ1v) is 7.13. The summed E-state index contributed by atoms with van der Waals surface area (Å²) in [7, 11) is 0. The number of aliphatic hydroxyl groups excluding tert-OH is 2. The van der Waals surface area contributed by atoms with Crippen molar-refractivity contribution in [2.24, 2.45) is 10.8 Å². The van der Waals surface area contributed by atoms with Gasteiger partial charge in [0, 0.05) is 12.0 Å². The third kappa shape index (κ3) is 4.75. The van der Waals surface area contributed by atoms with Gasteiger partial charge in [-0.25, -0.2) is 0 Å². The van der Waals surface area contributed by atoms with E-state index in [4.69, 9.17) is 4.74 Å². The van der Waals surface area contributed by atoms with Crippen LogP contribution in [-0.2, 0) is 4.74 Å². The topological polar surface area (TPSA) is 49.7 Å². The average Bonchev–Trinajstić information content (AvgIpc) is 2.40. The lowest BCUT2D eigenvalue weighted by atomic mass is 9.65. The normalized spacial score (nSPS) is 16.3. The zero-order chi connectivity index (χ0) is 14.8. The second-order valence-electron chi connectivity index (χ2n) is 5.29. The molecule has 0 spiro atoms. The summed E-state index contributed by atoms with van der Waals surface area (Å²) in [4.78, 5) is 0. The minimum atomic E-state index is -0.695. The lowest BCUT2D eigenvalue weighted by Crippen LogP contribution is -2.47. The number of hydrogen-bond acceptors (Lipinski definition) is 3. The zero-order valence-electron chi connectivity index (χ0n) is 12.9. The summed E-state index contributed by atoms with van der Waals surface area (Å²) < 4.78 is 5.67. The van der Waals surface area contributed by atoms with Crippen molar-refractivity contribution in [3.63, 3.8) is 0 Å². The van der Waals surface area contributed by atoms with Crippen LogP contribution in [0.5, 0.6) is 0 Å². The number of aliphatic hydroxyl groups is 2. The van der Waals surface area contributed by atoms with Gasteiger partial charge in [0.25, 0.3) is 0 Å². The van der Waals surface area contributed by atoms with E-state index >= 15 is 0 Å². The minimum absolute atomic E-state index is 0.110. The quantitative estimate of drug-likeness (QED) is 0.474. The van der Waals surface area contributed by atoms with E-state index in [0.29, 0.717) is 13.2 Å². The Kier molecular flexibility index (Phi) is 8.98. The molecule has 0 aliphatic rings. The van der Waals surface area contributed by atoms with Crippen molar-refractivity contribution >= 4 is 0 Å². The highest BCUT2D eigenvalue weighted by Gasteiger charge is 2.44. The molecule has 0 atom stereocenters. The number of allylic oxidation sites excluding steroid dienone is 4. The van der Waals surface area contributed by atoms with Gasteiger partial charge in [0.1, 0.15) is 0 Å². The van der Waals surface area contributed by atoms with Crippen LogP contribution in [0.2, 0.25) is 0 Å². The monoisotopic (exact) mass is 270 g/mol. The zero-order valence-corrected chi connectivity index (χ0v) is 12.9. The van der Waals surface area contributed by atoms with Gasteiger partial charge in [0.15, 0.2) is 0 Å². The Morgan fingerprint density at radius 3 is 1.95 bits per heavy atom. The van der Waals surface area contributed by atoms with Crippen LogP contribution in [0.3, 0.4) is 0 Å². The second kappa shape index (κ2) is 9.29. The third-order valence-corrected chi connectivity index (χ3v) is 3.79. The number of unbranched alkanes of at least 4 members (excludes halogenated alkanes) is 1. The summed E-state index contributed by atoms with van der Waals surface area (Å²) in [6.07, 6.45) is 10.0. The van der Waals surface area contributed by atoms with Crippen LogP contribution in [-0.4, -0.2) is 36.6 Å². The lowest BCUT2D eigenvalue weighted by molar-refractivity contribution is -0.0714. The maximum absolute atomic E-state index is 9.81. The van der Waals surface area contributed by atoms with Gasteiger partial charge >= 0.3 is 0 Å². The standard InChI is InChI=1S/C16H30O3/c1-5-8-11-19-14-16(12-17,13-18)15(4,9-6-2)10-7-3/h6-7,9-10,17-18H,5,8,11-14H2,1-4H3. The predicted molar refractivity (Wildman–Crippen MR) is 80.1 cm³/mol. The third-order valence-electron chi connectivity index (χ3n) is 3.79. The summed E-state index contributed by atoms with van der Waals surface area (Å²) >= 11 is 0. The summed E-state index contributed by atoms with van der Waals surface area (Å²) in [6.45, 7) is 8.81. The van der Waals surface area contributed by atoms with Crippen LogP contribution < -0.4 is 0 Å². The molecule has 0 fully saturated rings. The average molecular weight is 270 g/mol. The van der Waals surface area contributed by atoms with Crippen LogP contribution in [0, 0.1) is 10.8 Å². The van der Waals surface area contributed by atoms with E-state index in [1.165, 1.54) is 0 Å². The van der Waals surface area contributed by atoms with Crippen molar-refractivity contribution in [3.05, 3.63) is 24.3 Å². The molecule has 0 aliphatic carbocycles. The van der Waals surface area contributed by atoms with Gasteiger partial charge in [-0.1, -0.05) is 44.6 Å². The fourth-order valence-corrected chi connectivity index (χ4v) is 2.25. The van der Waals surface area contributed by atoms with Crippen molar-refractivity contribution in [2.45, 2.75) is 40.5 Å². The van der Waals surface area contributed by atoms with E-state index in [-0.39, 0.29) is 13.2 Å². The van der Waals surface area contributed by atoms with E-state index < -0.39 is 10.8 Å². The maximum Gasteiger partial charge on any atom is 0.0577 e. The molecule has 3 nitrogen and oxygen atoms in total. The van der Waals surface area contributed by atoms with Gasteiger partial charge in [-0.05, 0) is 20.3 Å². The van der Waals surface area contributed by atoms with Gasteiger partial charge in [0.2, 0.25) is 0 Å². The van der Waals surface area contributed by atoms with Gasteiger partial charge in [-0.15, -0.1) is 0 Å². The lowest BCUT2D eigenvalue weighted by Gasteiger charge is -2.43. The van der Waals surface area contributed by atoms with E-state index in [1.54, 1.807) is 0 Å². The Balaban J connectivity index is 5.09. The maximum atomic E-state index is 9.81. The van der Waals surface area contributed by atoms with Gasteiger partial charge in [-0.2, -0.15) is 0 Å². The van der Waals surface area contributed by atoms with Gasteiger partial charge < -0.3 is 14.9 Å². The van der Waals surface area contributed by atoms with Crippen LogP contribution in [0.25, 0.3) is 0 Å². The fraction of sp³-hybridized carbons (Fsp3) is 0.750. The van der Waals surface area contributed by atoms with Gasteiger partial charge in [-0.3, -0.25) is 0 Å². The summed E-state index contributed by atoms with van der Waals surface area (Å²) in [6, 6.07) is 0. The van der Waals surface area contributed by atoms with Crippen LogP contribution >= 0.6 is 0 Å². The fourth-order valence-electron chi connectivity index (χ4n) is 2.25. The first-order valence-electron chi connectivity index (χ1n) is 7.13. The van der Waals surface area contributed by atoms with Crippen LogP contribution in [0.4, 0.5) is 0 Å². The Labute approximate surface area is 118 Å². The first-order chi connectivity index (χ1) is 9.05. The number of rotatable bonds is 10. The molecule has 0 unspecified atom stereocenters. The molecule has 19 heavy (non-hydrogen) atoms. The Morgan fingerprint density at radius 2 is 1.58 bits per heavy atom. The molecule has 0 aromatic rings. The molecule has 3 heteroatoms. The Hall–Kier alpha value is -0.640. The van der Waals surface area contributed by atoms with Crippen LogP contribution in [0.1, 0.15) is 40.5 Å². The van der Waals surface area contributed by atoms with E-state index in [0.717, 1.165) is 12.8 Å². The predicted octanol–water partition coefficient (Wildman–Crippen LogP) is 2.93. The largest absolute Gasteiger partial charge is 0.396 e. The van der Waals surface area contributed by atoms with Crippen molar-refractivity contribution in [1.82, 2.24) is 0 Å². The molecular weight excluding hydrogens is 240 g/mol.